The molecular formula is C17H24N2O2. The normalized spacial score (nSPS) is 10.1. The van der Waals surface area contributed by atoms with E-state index in [2.05, 4.69) is 22.1 Å². The van der Waals surface area contributed by atoms with Gasteiger partial charge in [0, 0.05) is 25.1 Å². The van der Waals surface area contributed by atoms with Crippen LogP contribution in [0.25, 0.3) is 0 Å². The first-order chi connectivity index (χ1) is 10.2. The van der Waals surface area contributed by atoms with Gasteiger partial charge in [0.25, 0.3) is 0 Å². The van der Waals surface area contributed by atoms with E-state index in [-0.39, 0.29) is 12.5 Å². The Balaban J connectivity index is 2.76. The van der Waals surface area contributed by atoms with Crippen LogP contribution >= 0.6 is 0 Å². The number of aliphatic hydroxyl groups is 1. The van der Waals surface area contributed by atoms with Crippen LogP contribution in [0.3, 0.4) is 0 Å². The van der Waals surface area contributed by atoms with Crippen molar-refractivity contribution < 1.29 is 9.90 Å². The minimum Gasteiger partial charge on any atom is -0.395 e. The number of amides is 1. The number of hydrogen-bond acceptors (Lipinski definition) is 3. The van der Waals surface area contributed by atoms with Gasteiger partial charge in [0.1, 0.15) is 0 Å². The first-order valence-corrected chi connectivity index (χ1v) is 7.37. The molecule has 1 amide bonds. The Labute approximate surface area is 127 Å². The van der Waals surface area contributed by atoms with E-state index in [1.807, 2.05) is 38.1 Å². The molecule has 0 saturated carbocycles. The summed E-state index contributed by atoms with van der Waals surface area (Å²) in [5.41, 5.74) is 2.06. The quantitative estimate of drug-likeness (QED) is 0.745. The molecule has 1 aromatic rings. The summed E-state index contributed by atoms with van der Waals surface area (Å²) in [5.74, 6) is 6.08. The van der Waals surface area contributed by atoms with Crippen molar-refractivity contribution in [1.29, 1.82) is 0 Å². The van der Waals surface area contributed by atoms with E-state index in [1.54, 1.807) is 0 Å². The largest absolute Gasteiger partial charge is 0.395 e. The topological polar surface area (TPSA) is 52.6 Å². The minimum absolute atomic E-state index is 0.0446. The van der Waals surface area contributed by atoms with Crippen LogP contribution in [0.15, 0.2) is 24.3 Å². The van der Waals surface area contributed by atoms with Gasteiger partial charge in [-0.15, -0.1) is 0 Å². The van der Waals surface area contributed by atoms with Crippen molar-refractivity contribution in [3.05, 3.63) is 35.4 Å². The van der Waals surface area contributed by atoms with Gasteiger partial charge in [-0.1, -0.05) is 37.0 Å². The molecule has 0 bridgehead atoms. The van der Waals surface area contributed by atoms with Crippen LogP contribution in [0, 0.1) is 11.8 Å². The number of carbonyl (C=O) groups is 1. The van der Waals surface area contributed by atoms with Gasteiger partial charge in [0.15, 0.2) is 0 Å². The zero-order chi connectivity index (χ0) is 15.5. The van der Waals surface area contributed by atoms with Gasteiger partial charge in [-0.3, -0.25) is 9.69 Å². The molecule has 4 heteroatoms. The fourth-order valence-electron chi connectivity index (χ4n) is 1.97. The van der Waals surface area contributed by atoms with Crippen molar-refractivity contribution in [1.82, 2.24) is 10.2 Å². The van der Waals surface area contributed by atoms with Gasteiger partial charge in [0.05, 0.1) is 13.2 Å². The van der Waals surface area contributed by atoms with Gasteiger partial charge in [-0.05, 0) is 25.1 Å². The molecule has 0 atom stereocenters. The summed E-state index contributed by atoms with van der Waals surface area (Å²) in [4.78, 5) is 13.8. The standard InChI is InChI=1S/C17H24N2O2/c1-3-18-17(21)14-19(4-2)13-16-11-6-5-9-15(16)10-7-8-12-20/h5-6,9,11,20H,3-4,8,12-14H2,1-2H3,(H,18,21). The zero-order valence-corrected chi connectivity index (χ0v) is 12.9. The van der Waals surface area contributed by atoms with Crippen molar-refractivity contribution in [2.24, 2.45) is 0 Å². The van der Waals surface area contributed by atoms with Crippen molar-refractivity contribution >= 4 is 5.91 Å². The lowest BCUT2D eigenvalue weighted by atomic mass is 10.1. The Kier molecular flexibility index (Phi) is 8.18. The predicted molar refractivity (Wildman–Crippen MR) is 84.7 cm³/mol. The molecule has 0 aliphatic heterocycles. The fourth-order valence-corrected chi connectivity index (χ4v) is 1.97. The number of benzene rings is 1. The summed E-state index contributed by atoms with van der Waals surface area (Å²) in [6.45, 7) is 6.57. The fraction of sp³-hybridized carbons (Fsp3) is 0.471. The van der Waals surface area contributed by atoms with Gasteiger partial charge < -0.3 is 10.4 Å². The van der Waals surface area contributed by atoms with Crippen LogP contribution in [0.5, 0.6) is 0 Å². The maximum Gasteiger partial charge on any atom is 0.234 e. The highest BCUT2D eigenvalue weighted by Crippen LogP contribution is 2.10. The van der Waals surface area contributed by atoms with Crippen LogP contribution in [0.4, 0.5) is 0 Å². The van der Waals surface area contributed by atoms with E-state index in [0.29, 0.717) is 26.1 Å². The molecule has 0 aliphatic carbocycles. The lowest BCUT2D eigenvalue weighted by Crippen LogP contribution is -2.36. The Morgan fingerprint density at radius 1 is 1.33 bits per heavy atom. The van der Waals surface area contributed by atoms with Gasteiger partial charge in [0.2, 0.25) is 5.91 Å². The summed E-state index contributed by atoms with van der Waals surface area (Å²) < 4.78 is 0. The molecule has 21 heavy (non-hydrogen) atoms. The highest BCUT2D eigenvalue weighted by molar-refractivity contribution is 5.77. The molecule has 2 N–H and O–H groups in total. The van der Waals surface area contributed by atoms with Crippen LogP contribution < -0.4 is 5.32 Å². The third kappa shape index (κ3) is 6.44. The molecular weight excluding hydrogens is 264 g/mol. The number of aliphatic hydroxyl groups excluding tert-OH is 1. The third-order valence-corrected chi connectivity index (χ3v) is 3.06. The van der Waals surface area contributed by atoms with E-state index < -0.39 is 0 Å². The van der Waals surface area contributed by atoms with E-state index in [1.165, 1.54) is 0 Å². The average Bonchev–Trinajstić information content (AvgIpc) is 2.48. The molecule has 0 saturated heterocycles. The molecule has 4 nitrogen and oxygen atoms in total. The molecule has 114 valence electrons. The second-order valence-corrected chi connectivity index (χ2v) is 4.69. The maximum atomic E-state index is 11.7. The van der Waals surface area contributed by atoms with E-state index >= 15 is 0 Å². The van der Waals surface area contributed by atoms with Gasteiger partial charge in [-0.2, -0.15) is 0 Å². The number of rotatable bonds is 7. The number of likely N-dealkylation sites (N-methyl/N-ethyl adjacent to an activating group) is 2. The van der Waals surface area contributed by atoms with Crippen molar-refractivity contribution in [2.45, 2.75) is 26.8 Å². The van der Waals surface area contributed by atoms with Crippen molar-refractivity contribution in [3.8, 4) is 11.8 Å². The molecule has 0 unspecified atom stereocenters. The number of nitrogens with zero attached hydrogens (tertiary/aromatic N) is 1. The first kappa shape index (κ1) is 17.2. The van der Waals surface area contributed by atoms with E-state index in [0.717, 1.165) is 17.7 Å². The average molecular weight is 288 g/mol. The predicted octanol–water partition coefficient (Wildman–Crippen LogP) is 1.38. The van der Waals surface area contributed by atoms with Crippen molar-refractivity contribution in [2.75, 3.05) is 26.2 Å². The SMILES string of the molecule is CCNC(=O)CN(CC)Cc1ccccc1C#CCCO. The molecule has 0 aliphatic rings. The Bertz CT molecular complexity index is 503. The second-order valence-electron chi connectivity index (χ2n) is 4.69. The Hall–Kier alpha value is -1.83. The summed E-state index contributed by atoms with van der Waals surface area (Å²) in [5, 5.41) is 11.6. The van der Waals surface area contributed by atoms with E-state index in [4.69, 9.17) is 5.11 Å². The molecule has 0 aromatic heterocycles. The van der Waals surface area contributed by atoms with Crippen LogP contribution in [-0.4, -0.2) is 42.2 Å². The Morgan fingerprint density at radius 3 is 2.76 bits per heavy atom. The molecule has 0 heterocycles. The second kappa shape index (κ2) is 9.98. The summed E-state index contributed by atoms with van der Waals surface area (Å²) in [6.07, 6.45) is 0.477. The minimum atomic E-state index is 0.0446. The number of hydrogen-bond donors (Lipinski definition) is 2. The van der Waals surface area contributed by atoms with E-state index in [9.17, 15) is 4.79 Å². The molecule has 1 aromatic carbocycles. The third-order valence-electron chi connectivity index (χ3n) is 3.06. The van der Waals surface area contributed by atoms with Crippen LogP contribution in [0.2, 0.25) is 0 Å². The van der Waals surface area contributed by atoms with Gasteiger partial charge in [-0.25, -0.2) is 0 Å². The zero-order valence-electron chi connectivity index (χ0n) is 12.9. The highest BCUT2D eigenvalue weighted by atomic mass is 16.2. The number of nitrogens with one attached hydrogen (secondary N) is 1. The molecule has 0 radical (unpaired) electrons. The number of carbonyl (C=O) groups excluding carboxylic acids is 1. The van der Waals surface area contributed by atoms with Crippen LogP contribution in [0.1, 0.15) is 31.4 Å². The van der Waals surface area contributed by atoms with Gasteiger partial charge >= 0.3 is 0 Å². The smallest absolute Gasteiger partial charge is 0.234 e. The van der Waals surface area contributed by atoms with Crippen LogP contribution in [-0.2, 0) is 11.3 Å². The first-order valence-electron chi connectivity index (χ1n) is 7.37. The summed E-state index contributed by atoms with van der Waals surface area (Å²) >= 11 is 0. The van der Waals surface area contributed by atoms with Crippen molar-refractivity contribution in [3.63, 3.8) is 0 Å². The molecule has 0 spiro atoms. The highest BCUT2D eigenvalue weighted by Gasteiger charge is 2.10. The summed E-state index contributed by atoms with van der Waals surface area (Å²) in [7, 11) is 0. The lowest BCUT2D eigenvalue weighted by Gasteiger charge is -2.20. The summed E-state index contributed by atoms with van der Waals surface area (Å²) in [6, 6.07) is 7.93. The monoisotopic (exact) mass is 288 g/mol. The maximum absolute atomic E-state index is 11.7. The molecule has 0 fully saturated rings. The molecule has 1 rings (SSSR count). The Morgan fingerprint density at radius 2 is 2.10 bits per heavy atom. The lowest BCUT2D eigenvalue weighted by molar-refractivity contribution is -0.122.